The predicted octanol–water partition coefficient (Wildman–Crippen LogP) is 4.51. The van der Waals surface area contributed by atoms with Crippen molar-refractivity contribution in [1.82, 2.24) is 0 Å². The SMILES string of the molecule is CC(C)CC(N)c1ccc(Br)cc1C(F)(F)F. The summed E-state index contributed by atoms with van der Waals surface area (Å²) in [5, 5.41) is 0. The second-order valence-corrected chi connectivity index (χ2v) is 5.38. The Kier molecular flexibility index (Phi) is 4.61. The van der Waals surface area contributed by atoms with Crippen LogP contribution in [0.3, 0.4) is 0 Å². The minimum absolute atomic E-state index is 0.161. The molecule has 17 heavy (non-hydrogen) atoms. The van der Waals surface area contributed by atoms with Gasteiger partial charge in [-0.25, -0.2) is 0 Å². The molecule has 0 amide bonds. The van der Waals surface area contributed by atoms with Crippen molar-refractivity contribution in [2.24, 2.45) is 11.7 Å². The highest BCUT2D eigenvalue weighted by Gasteiger charge is 2.34. The predicted molar refractivity (Wildman–Crippen MR) is 65.5 cm³/mol. The number of hydrogen-bond acceptors (Lipinski definition) is 1. The van der Waals surface area contributed by atoms with Gasteiger partial charge in [0.1, 0.15) is 0 Å². The van der Waals surface area contributed by atoms with Crippen LogP contribution in [0.2, 0.25) is 0 Å². The molecule has 0 saturated heterocycles. The molecule has 0 aliphatic carbocycles. The van der Waals surface area contributed by atoms with Crippen LogP contribution in [0.25, 0.3) is 0 Å². The lowest BCUT2D eigenvalue weighted by Crippen LogP contribution is -2.19. The van der Waals surface area contributed by atoms with Gasteiger partial charge in [-0.05, 0) is 30.0 Å². The number of halogens is 4. The van der Waals surface area contributed by atoms with Crippen molar-refractivity contribution >= 4 is 15.9 Å². The number of alkyl halides is 3. The normalized spacial score (nSPS) is 14.1. The molecule has 1 unspecified atom stereocenters. The van der Waals surface area contributed by atoms with Gasteiger partial charge in [-0.15, -0.1) is 0 Å². The molecular formula is C12H15BrF3N. The lowest BCUT2D eigenvalue weighted by atomic mass is 9.94. The molecule has 0 fully saturated rings. The number of benzene rings is 1. The summed E-state index contributed by atoms with van der Waals surface area (Å²) < 4.78 is 39.0. The first-order chi connectivity index (χ1) is 7.71. The van der Waals surface area contributed by atoms with Crippen LogP contribution in [0.5, 0.6) is 0 Å². The highest BCUT2D eigenvalue weighted by Crippen LogP contribution is 2.37. The molecule has 1 rings (SSSR count). The smallest absolute Gasteiger partial charge is 0.324 e. The molecule has 0 aliphatic heterocycles. The van der Waals surface area contributed by atoms with Crippen molar-refractivity contribution < 1.29 is 13.2 Å². The molecule has 0 radical (unpaired) electrons. The average molecular weight is 310 g/mol. The molecule has 1 nitrogen and oxygen atoms in total. The Morgan fingerprint density at radius 1 is 1.29 bits per heavy atom. The van der Waals surface area contributed by atoms with Crippen LogP contribution in [0.15, 0.2) is 22.7 Å². The van der Waals surface area contributed by atoms with Crippen LogP contribution in [-0.2, 0) is 6.18 Å². The second kappa shape index (κ2) is 5.40. The van der Waals surface area contributed by atoms with Crippen LogP contribution in [-0.4, -0.2) is 0 Å². The Labute approximate surface area is 107 Å². The van der Waals surface area contributed by atoms with Gasteiger partial charge in [-0.3, -0.25) is 0 Å². The third kappa shape index (κ3) is 4.00. The molecule has 2 N–H and O–H groups in total. The summed E-state index contributed by atoms with van der Waals surface area (Å²) in [5.41, 5.74) is 5.34. The van der Waals surface area contributed by atoms with Gasteiger partial charge >= 0.3 is 6.18 Å². The van der Waals surface area contributed by atoms with E-state index >= 15 is 0 Å². The zero-order valence-electron chi connectivity index (χ0n) is 9.68. The standard InChI is InChI=1S/C12H15BrF3N/c1-7(2)5-11(17)9-4-3-8(13)6-10(9)12(14,15)16/h3-4,6-7,11H,5,17H2,1-2H3. The minimum Gasteiger partial charge on any atom is -0.324 e. The zero-order valence-corrected chi connectivity index (χ0v) is 11.3. The van der Waals surface area contributed by atoms with Gasteiger partial charge in [0.2, 0.25) is 0 Å². The molecule has 0 aliphatic rings. The summed E-state index contributed by atoms with van der Waals surface area (Å²) in [6.45, 7) is 3.87. The van der Waals surface area contributed by atoms with Crippen LogP contribution in [0.4, 0.5) is 13.2 Å². The third-order valence-corrected chi connectivity index (χ3v) is 2.94. The van der Waals surface area contributed by atoms with Crippen LogP contribution in [0.1, 0.15) is 37.4 Å². The largest absolute Gasteiger partial charge is 0.416 e. The maximum atomic E-state index is 12.8. The molecule has 1 aromatic rings. The fourth-order valence-corrected chi connectivity index (χ4v) is 2.09. The Balaban J connectivity index is 3.15. The van der Waals surface area contributed by atoms with Crippen LogP contribution >= 0.6 is 15.9 Å². The zero-order chi connectivity index (χ0) is 13.2. The van der Waals surface area contributed by atoms with E-state index in [9.17, 15) is 13.2 Å². The van der Waals surface area contributed by atoms with E-state index in [1.807, 2.05) is 13.8 Å². The fourth-order valence-electron chi connectivity index (χ4n) is 1.73. The minimum atomic E-state index is -4.37. The van der Waals surface area contributed by atoms with Gasteiger partial charge < -0.3 is 5.73 Å². The summed E-state index contributed by atoms with van der Waals surface area (Å²) in [5.74, 6) is 0.259. The molecule has 96 valence electrons. The molecule has 1 aromatic carbocycles. The van der Waals surface area contributed by atoms with Crippen molar-refractivity contribution in [2.75, 3.05) is 0 Å². The summed E-state index contributed by atoms with van der Waals surface area (Å²) in [6.07, 6.45) is -3.83. The van der Waals surface area contributed by atoms with Gasteiger partial charge in [0.15, 0.2) is 0 Å². The molecule has 0 heterocycles. The fraction of sp³-hybridized carbons (Fsp3) is 0.500. The van der Waals surface area contributed by atoms with Gasteiger partial charge in [-0.1, -0.05) is 35.8 Å². The molecular weight excluding hydrogens is 295 g/mol. The van der Waals surface area contributed by atoms with E-state index in [2.05, 4.69) is 15.9 Å². The molecule has 0 spiro atoms. The summed E-state index contributed by atoms with van der Waals surface area (Å²) >= 11 is 3.05. The third-order valence-electron chi connectivity index (χ3n) is 2.45. The van der Waals surface area contributed by atoms with E-state index in [0.29, 0.717) is 10.9 Å². The first-order valence-corrected chi connectivity index (χ1v) is 6.13. The van der Waals surface area contributed by atoms with Crippen LogP contribution < -0.4 is 5.73 Å². The summed E-state index contributed by atoms with van der Waals surface area (Å²) in [4.78, 5) is 0. The van der Waals surface area contributed by atoms with Crippen molar-refractivity contribution in [3.8, 4) is 0 Å². The van der Waals surface area contributed by atoms with Crippen molar-refractivity contribution in [3.05, 3.63) is 33.8 Å². The lowest BCUT2D eigenvalue weighted by Gasteiger charge is -2.20. The lowest BCUT2D eigenvalue weighted by molar-refractivity contribution is -0.138. The number of rotatable bonds is 3. The molecule has 5 heteroatoms. The van der Waals surface area contributed by atoms with Crippen molar-refractivity contribution in [1.29, 1.82) is 0 Å². The Hall–Kier alpha value is -0.550. The van der Waals surface area contributed by atoms with Crippen molar-refractivity contribution in [3.63, 3.8) is 0 Å². The molecule has 0 saturated carbocycles. The molecule has 1 atom stereocenters. The first kappa shape index (κ1) is 14.5. The van der Waals surface area contributed by atoms with E-state index in [0.717, 1.165) is 6.07 Å². The highest BCUT2D eigenvalue weighted by atomic mass is 79.9. The molecule has 0 bridgehead atoms. The van der Waals surface area contributed by atoms with Gasteiger partial charge in [0, 0.05) is 10.5 Å². The summed E-state index contributed by atoms with van der Waals surface area (Å²) in [7, 11) is 0. The van der Waals surface area contributed by atoms with E-state index in [1.54, 1.807) is 6.07 Å². The average Bonchev–Trinajstić information content (AvgIpc) is 2.14. The van der Waals surface area contributed by atoms with E-state index < -0.39 is 17.8 Å². The highest BCUT2D eigenvalue weighted by molar-refractivity contribution is 9.10. The van der Waals surface area contributed by atoms with Gasteiger partial charge in [0.05, 0.1) is 5.56 Å². The quantitative estimate of drug-likeness (QED) is 0.873. The van der Waals surface area contributed by atoms with Gasteiger partial charge in [-0.2, -0.15) is 13.2 Å². The number of nitrogens with two attached hydrogens (primary N) is 1. The topological polar surface area (TPSA) is 26.0 Å². The first-order valence-electron chi connectivity index (χ1n) is 5.34. The van der Waals surface area contributed by atoms with Crippen molar-refractivity contribution in [2.45, 2.75) is 32.5 Å². The Bertz CT molecular complexity index is 388. The maximum absolute atomic E-state index is 12.8. The molecule has 0 aromatic heterocycles. The second-order valence-electron chi connectivity index (χ2n) is 4.47. The monoisotopic (exact) mass is 309 g/mol. The van der Waals surface area contributed by atoms with Gasteiger partial charge in [0.25, 0.3) is 0 Å². The van der Waals surface area contributed by atoms with E-state index in [1.165, 1.54) is 6.07 Å². The Morgan fingerprint density at radius 3 is 2.35 bits per heavy atom. The number of hydrogen-bond donors (Lipinski definition) is 1. The van der Waals surface area contributed by atoms with Crippen LogP contribution in [0, 0.1) is 5.92 Å². The summed E-state index contributed by atoms with van der Waals surface area (Å²) in [6, 6.07) is 3.53. The van der Waals surface area contributed by atoms with E-state index in [-0.39, 0.29) is 11.5 Å². The van der Waals surface area contributed by atoms with E-state index in [4.69, 9.17) is 5.73 Å². The maximum Gasteiger partial charge on any atom is 0.416 e. The Morgan fingerprint density at radius 2 is 1.88 bits per heavy atom.